The lowest BCUT2D eigenvalue weighted by atomic mass is 10.3. The van der Waals surface area contributed by atoms with Crippen molar-refractivity contribution in [2.45, 2.75) is 26.4 Å². The zero-order valence-electron chi connectivity index (χ0n) is 11.2. The molecule has 0 saturated carbocycles. The van der Waals surface area contributed by atoms with E-state index in [1.54, 1.807) is 23.4 Å². The number of halogens is 2. The number of hydrogen-bond acceptors (Lipinski definition) is 2. The van der Waals surface area contributed by atoms with Crippen LogP contribution in [0.1, 0.15) is 25.6 Å². The van der Waals surface area contributed by atoms with Crippen molar-refractivity contribution in [3.63, 3.8) is 0 Å². The summed E-state index contributed by atoms with van der Waals surface area (Å²) < 4.78 is 30.3. The van der Waals surface area contributed by atoms with Crippen LogP contribution >= 0.6 is 0 Å². The first-order valence-electron chi connectivity index (χ1n) is 6.37. The Kier molecular flexibility index (Phi) is 3.00. The summed E-state index contributed by atoms with van der Waals surface area (Å²) in [6, 6.07) is 2.57. The molecule has 0 radical (unpaired) electrons. The first-order chi connectivity index (χ1) is 9.56. The SMILES string of the molecule is CC(C)n1cncc1Cn1cnc2cc(F)c(F)cc21. The lowest BCUT2D eigenvalue weighted by Gasteiger charge is -2.12. The summed E-state index contributed by atoms with van der Waals surface area (Å²) in [4.78, 5) is 8.23. The average molecular weight is 276 g/mol. The minimum Gasteiger partial charge on any atom is -0.330 e. The van der Waals surface area contributed by atoms with Gasteiger partial charge in [-0.25, -0.2) is 18.7 Å². The van der Waals surface area contributed by atoms with Gasteiger partial charge >= 0.3 is 0 Å². The molecule has 2 heterocycles. The third-order valence-corrected chi connectivity index (χ3v) is 3.30. The number of nitrogens with zero attached hydrogens (tertiary/aromatic N) is 4. The zero-order valence-corrected chi connectivity index (χ0v) is 11.2. The molecular weight excluding hydrogens is 262 g/mol. The molecule has 6 heteroatoms. The van der Waals surface area contributed by atoms with Gasteiger partial charge in [0.1, 0.15) is 0 Å². The normalized spacial score (nSPS) is 11.7. The van der Waals surface area contributed by atoms with E-state index in [4.69, 9.17) is 0 Å². The Morgan fingerprint density at radius 3 is 2.65 bits per heavy atom. The molecule has 0 N–H and O–H groups in total. The molecule has 0 unspecified atom stereocenters. The Bertz CT molecular complexity index is 758. The van der Waals surface area contributed by atoms with E-state index in [1.807, 2.05) is 4.57 Å². The Morgan fingerprint density at radius 1 is 1.15 bits per heavy atom. The molecule has 0 amide bonds. The van der Waals surface area contributed by atoms with E-state index in [1.165, 1.54) is 6.07 Å². The lowest BCUT2D eigenvalue weighted by Crippen LogP contribution is -2.08. The van der Waals surface area contributed by atoms with Crippen LogP contribution in [0.4, 0.5) is 8.78 Å². The van der Waals surface area contributed by atoms with Gasteiger partial charge in [-0.2, -0.15) is 0 Å². The van der Waals surface area contributed by atoms with Gasteiger partial charge in [0.15, 0.2) is 11.6 Å². The number of aromatic nitrogens is 4. The van der Waals surface area contributed by atoms with E-state index in [0.717, 1.165) is 11.8 Å². The van der Waals surface area contributed by atoms with Crippen molar-refractivity contribution in [2.24, 2.45) is 0 Å². The number of fused-ring (bicyclic) bond motifs is 1. The van der Waals surface area contributed by atoms with Crippen LogP contribution in [0.5, 0.6) is 0 Å². The summed E-state index contributed by atoms with van der Waals surface area (Å²) >= 11 is 0. The fourth-order valence-corrected chi connectivity index (χ4v) is 2.27. The second-order valence-electron chi connectivity index (χ2n) is 5.01. The summed E-state index contributed by atoms with van der Waals surface area (Å²) in [6.45, 7) is 4.64. The van der Waals surface area contributed by atoms with Crippen LogP contribution in [0, 0.1) is 11.6 Å². The minimum absolute atomic E-state index is 0.288. The second kappa shape index (κ2) is 4.70. The molecule has 0 aliphatic rings. The van der Waals surface area contributed by atoms with E-state index in [2.05, 4.69) is 23.8 Å². The largest absolute Gasteiger partial charge is 0.330 e. The maximum atomic E-state index is 13.4. The first-order valence-corrected chi connectivity index (χ1v) is 6.37. The van der Waals surface area contributed by atoms with Crippen molar-refractivity contribution < 1.29 is 8.78 Å². The number of imidazole rings is 2. The van der Waals surface area contributed by atoms with Crippen LogP contribution in [-0.4, -0.2) is 19.1 Å². The number of rotatable bonds is 3. The van der Waals surface area contributed by atoms with Gasteiger partial charge in [0.2, 0.25) is 0 Å². The maximum Gasteiger partial charge on any atom is 0.161 e. The topological polar surface area (TPSA) is 35.6 Å². The highest BCUT2D eigenvalue weighted by atomic mass is 19.2. The zero-order chi connectivity index (χ0) is 14.3. The quantitative estimate of drug-likeness (QED) is 0.736. The highest BCUT2D eigenvalue weighted by Crippen LogP contribution is 2.19. The molecule has 0 aliphatic heterocycles. The van der Waals surface area contributed by atoms with E-state index >= 15 is 0 Å². The van der Waals surface area contributed by atoms with Crippen molar-refractivity contribution in [2.75, 3.05) is 0 Å². The molecule has 0 atom stereocenters. The van der Waals surface area contributed by atoms with Gasteiger partial charge in [-0.15, -0.1) is 0 Å². The van der Waals surface area contributed by atoms with Gasteiger partial charge in [0.25, 0.3) is 0 Å². The van der Waals surface area contributed by atoms with E-state index in [9.17, 15) is 8.78 Å². The Hall–Kier alpha value is -2.24. The molecule has 4 nitrogen and oxygen atoms in total. The third-order valence-electron chi connectivity index (χ3n) is 3.30. The maximum absolute atomic E-state index is 13.4. The molecule has 104 valence electrons. The van der Waals surface area contributed by atoms with Crippen molar-refractivity contribution in [3.8, 4) is 0 Å². The Balaban J connectivity index is 2.03. The van der Waals surface area contributed by atoms with Gasteiger partial charge in [-0.1, -0.05) is 0 Å². The summed E-state index contributed by atoms with van der Waals surface area (Å²) in [5.74, 6) is -1.74. The van der Waals surface area contributed by atoms with Gasteiger partial charge in [0, 0.05) is 24.4 Å². The molecule has 3 aromatic rings. The third kappa shape index (κ3) is 2.07. The van der Waals surface area contributed by atoms with E-state index in [-0.39, 0.29) is 6.04 Å². The standard InChI is InChI=1S/C14H14F2N4/c1-9(2)20-7-17-5-10(20)6-19-8-18-13-3-11(15)12(16)4-14(13)19/h3-5,7-9H,6H2,1-2H3. The second-order valence-corrected chi connectivity index (χ2v) is 5.01. The number of benzene rings is 1. The van der Waals surface area contributed by atoms with Crippen LogP contribution in [0.15, 0.2) is 31.0 Å². The van der Waals surface area contributed by atoms with Gasteiger partial charge < -0.3 is 9.13 Å². The van der Waals surface area contributed by atoms with Gasteiger partial charge in [-0.3, -0.25) is 0 Å². The molecule has 0 bridgehead atoms. The highest BCUT2D eigenvalue weighted by molar-refractivity contribution is 5.75. The monoisotopic (exact) mass is 276 g/mol. The smallest absolute Gasteiger partial charge is 0.161 e. The van der Waals surface area contributed by atoms with Gasteiger partial charge in [0.05, 0.1) is 35.9 Å². The first kappa shape index (κ1) is 12.8. The molecule has 0 fully saturated rings. The van der Waals surface area contributed by atoms with Crippen LogP contribution in [0.3, 0.4) is 0 Å². The molecule has 0 saturated heterocycles. The molecule has 3 rings (SSSR count). The highest BCUT2D eigenvalue weighted by Gasteiger charge is 2.11. The van der Waals surface area contributed by atoms with Crippen LogP contribution in [0.2, 0.25) is 0 Å². The molecule has 20 heavy (non-hydrogen) atoms. The molecule has 1 aromatic carbocycles. The van der Waals surface area contributed by atoms with Crippen molar-refractivity contribution in [1.29, 1.82) is 0 Å². The minimum atomic E-state index is -0.880. The summed E-state index contributed by atoms with van der Waals surface area (Å²) in [7, 11) is 0. The van der Waals surface area contributed by atoms with E-state index < -0.39 is 11.6 Å². The summed E-state index contributed by atoms with van der Waals surface area (Å²) in [5.41, 5.74) is 2.00. The summed E-state index contributed by atoms with van der Waals surface area (Å²) in [6.07, 6.45) is 5.12. The predicted molar refractivity (Wildman–Crippen MR) is 71.4 cm³/mol. The van der Waals surface area contributed by atoms with E-state index in [0.29, 0.717) is 17.6 Å². The van der Waals surface area contributed by atoms with Crippen molar-refractivity contribution in [3.05, 3.63) is 48.3 Å². The van der Waals surface area contributed by atoms with Crippen LogP contribution in [-0.2, 0) is 6.54 Å². The molecule has 2 aromatic heterocycles. The fraction of sp³-hybridized carbons (Fsp3) is 0.286. The summed E-state index contributed by atoms with van der Waals surface area (Å²) in [5, 5.41) is 0. The van der Waals surface area contributed by atoms with Gasteiger partial charge in [-0.05, 0) is 13.8 Å². The number of hydrogen-bond donors (Lipinski definition) is 0. The predicted octanol–water partition coefficient (Wildman–Crippen LogP) is 3.14. The molecule has 0 spiro atoms. The van der Waals surface area contributed by atoms with Crippen molar-refractivity contribution in [1.82, 2.24) is 19.1 Å². The molecule has 0 aliphatic carbocycles. The van der Waals surface area contributed by atoms with Crippen LogP contribution in [0.25, 0.3) is 11.0 Å². The average Bonchev–Trinajstić information content (AvgIpc) is 2.99. The lowest BCUT2D eigenvalue weighted by molar-refractivity contribution is 0.510. The van der Waals surface area contributed by atoms with Crippen molar-refractivity contribution >= 4 is 11.0 Å². The Labute approximate surface area is 114 Å². The molecular formula is C14H14F2N4. The Morgan fingerprint density at radius 2 is 1.90 bits per heavy atom. The van der Waals surface area contributed by atoms with Crippen LogP contribution < -0.4 is 0 Å². The fourth-order valence-electron chi connectivity index (χ4n) is 2.27.